The molecule has 1 fully saturated rings. The molecule has 176 valence electrons. The molecular weight excluding hydrogens is 445 g/mol. The van der Waals surface area contributed by atoms with Gasteiger partial charge in [0.2, 0.25) is 5.75 Å². The van der Waals surface area contributed by atoms with Crippen LogP contribution in [0.4, 0.5) is 30.7 Å². The Labute approximate surface area is 179 Å². The van der Waals surface area contributed by atoms with Gasteiger partial charge >= 0.3 is 12.3 Å². The van der Waals surface area contributed by atoms with E-state index in [-0.39, 0.29) is 29.9 Å². The largest absolute Gasteiger partial charge is 0.573 e. The average molecular weight is 466 g/mol. The smallest absolute Gasteiger partial charge is 0.426 e. The third-order valence-corrected chi connectivity index (χ3v) is 5.53. The number of rotatable bonds is 6. The molecule has 0 saturated heterocycles. The summed E-state index contributed by atoms with van der Waals surface area (Å²) in [7, 11) is 0. The van der Waals surface area contributed by atoms with Crippen LogP contribution in [-0.2, 0) is 4.79 Å². The molecule has 0 aliphatic heterocycles. The van der Waals surface area contributed by atoms with Gasteiger partial charge in [0.15, 0.2) is 11.6 Å². The number of fused-ring (bicyclic) bond motifs is 1. The molecule has 0 bridgehead atoms. The molecule has 2 unspecified atom stereocenters. The second-order valence-electron chi connectivity index (χ2n) is 7.89. The summed E-state index contributed by atoms with van der Waals surface area (Å²) in [5.74, 6) is -8.02. The highest BCUT2D eigenvalue weighted by atomic mass is 19.4. The lowest BCUT2D eigenvalue weighted by atomic mass is 9.77. The number of carbonyl (C=O) groups is 1. The van der Waals surface area contributed by atoms with E-state index in [1.54, 1.807) is 0 Å². The van der Waals surface area contributed by atoms with Crippen molar-refractivity contribution in [1.82, 2.24) is 0 Å². The van der Waals surface area contributed by atoms with Gasteiger partial charge in [0.25, 0.3) is 0 Å². The van der Waals surface area contributed by atoms with Crippen LogP contribution < -0.4 is 9.47 Å². The molecule has 32 heavy (non-hydrogen) atoms. The first-order chi connectivity index (χ1) is 15.0. The summed E-state index contributed by atoms with van der Waals surface area (Å²) in [6.07, 6.45) is -6.29. The lowest BCUT2D eigenvalue weighted by Crippen LogP contribution is -2.42. The minimum Gasteiger partial charge on any atom is -0.426 e. The van der Waals surface area contributed by atoms with Gasteiger partial charge in [-0.05, 0) is 48.4 Å². The number of benzene rings is 2. The van der Waals surface area contributed by atoms with Crippen LogP contribution in [0.5, 0.6) is 11.5 Å². The lowest BCUT2D eigenvalue weighted by Gasteiger charge is -2.33. The van der Waals surface area contributed by atoms with Crippen molar-refractivity contribution in [2.24, 2.45) is 11.8 Å². The van der Waals surface area contributed by atoms with Crippen LogP contribution in [0.1, 0.15) is 39.0 Å². The molecule has 0 spiro atoms. The van der Waals surface area contributed by atoms with Crippen LogP contribution in [0.15, 0.2) is 24.3 Å². The van der Waals surface area contributed by atoms with E-state index in [2.05, 4.69) is 4.74 Å². The molecule has 2 aromatic rings. The maximum Gasteiger partial charge on any atom is 0.573 e. The Bertz CT molecular complexity index is 964. The van der Waals surface area contributed by atoms with E-state index in [0.717, 1.165) is 31.0 Å². The third kappa shape index (κ3) is 5.45. The summed E-state index contributed by atoms with van der Waals surface area (Å²) >= 11 is 0. The minimum absolute atomic E-state index is 0.0380. The second-order valence-corrected chi connectivity index (χ2v) is 7.89. The van der Waals surface area contributed by atoms with Gasteiger partial charge < -0.3 is 9.47 Å². The first-order valence-electron chi connectivity index (χ1n) is 10.2. The fourth-order valence-electron chi connectivity index (χ4n) is 4.02. The fraction of sp³-hybridized carbons (Fsp3) is 0.500. The normalized spacial score (nSPS) is 23.9. The van der Waals surface area contributed by atoms with Crippen molar-refractivity contribution in [1.29, 1.82) is 0 Å². The Hall–Kier alpha value is -2.52. The zero-order valence-corrected chi connectivity index (χ0v) is 17.0. The highest BCUT2D eigenvalue weighted by Gasteiger charge is 2.44. The number of halogens is 7. The van der Waals surface area contributed by atoms with Gasteiger partial charge in [-0.3, -0.25) is 4.79 Å². The molecule has 0 radical (unpaired) electrons. The van der Waals surface area contributed by atoms with E-state index in [1.807, 2.05) is 6.92 Å². The average Bonchev–Trinajstić information content (AvgIpc) is 2.68. The standard InChI is InChI=1S/C22H21F7O3/c1-2-3-4-11-7-15(23)18(16(24)8-11)21(30)31-13-5-6-14-12(9-13)10-17(25)20(19(14)26)32-22(27,28)29/h5-6,9-11,15-16,18H,2-4,7-8H2,1H3. The Kier molecular flexibility index (Phi) is 7.19. The Morgan fingerprint density at radius 1 is 1.09 bits per heavy atom. The number of hydrogen-bond acceptors (Lipinski definition) is 3. The number of esters is 1. The van der Waals surface area contributed by atoms with Crippen molar-refractivity contribution < 1.29 is 45.0 Å². The molecule has 2 atom stereocenters. The summed E-state index contributed by atoms with van der Waals surface area (Å²) in [4.78, 5) is 12.4. The zero-order valence-electron chi connectivity index (χ0n) is 17.0. The van der Waals surface area contributed by atoms with Crippen LogP contribution in [0.25, 0.3) is 10.8 Å². The van der Waals surface area contributed by atoms with Gasteiger partial charge in [0.05, 0.1) is 0 Å². The van der Waals surface area contributed by atoms with Crippen molar-refractivity contribution in [2.45, 2.75) is 57.7 Å². The number of carbonyl (C=O) groups excluding carboxylic acids is 1. The monoisotopic (exact) mass is 466 g/mol. The number of hydrogen-bond donors (Lipinski definition) is 0. The van der Waals surface area contributed by atoms with Gasteiger partial charge in [-0.1, -0.05) is 26.2 Å². The SMILES string of the molecule is CCCCC1CC(F)C(C(=O)Oc2ccc3c(F)c(OC(F)(F)F)c(F)cc3c2)C(F)C1. The van der Waals surface area contributed by atoms with Gasteiger partial charge in [-0.2, -0.15) is 0 Å². The van der Waals surface area contributed by atoms with E-state index in [4.69, 9.17) is 4.74 Å². The van der Waals surface area contributed by atoms with Crippen molar-refractivity contribution in [3.63, 3.8) is 0 Å². The Balaban J connectivity index is 1.77. The van der Waals surface area contributed by atoms with Crippen molar-refractivity contribution in [3.05, 3.63) is 35.9 Å². The van der Waals surface area contributed by atoms with Crippen molar-refractivity contribution >= 4 is 16.7 Å². The van der Waals surface area contributed by atoms with Crippen LogP contribution in [0.2, 0.25) is 0 Å². The molecule has 1 aliphatic rings. The molecule has 0 aromatic heterocycles. The van der Waals surface area contributed by atoms with Crippen LogP contribution in [-0.4, -0.2) is 24.7 Å². The zero-order chi connectivity index (χ0) is 23.6. The first-order valence-corrected chi connectivity index (χ1v) is 10.2. The Morgan fingerprint density at radius 3 is 2.34 bits per heavy atom. The molecule has 0 N–H and O–H groups in total. The summed E-state index contributed by atoms with van der Waals surface area (Å²) in [6.45, 7) is 1.97. The minimum atomic E-state index is -5.30. The quantitative estimate of drug-likeness (QED) is 0.266. The molecule has 2 aromatic carbocycles. The topological polar surface area (TPSA) is 35.5 Å². The van der Waals surface area contributed by atoms with Crippen LogP contribution in [0.3, 0.4) is 0 Å². The fourth-order valence-corrected chi connectivity index (χ4v) is 4.02. The number of alkyl halides is 5. The highest BCUT2D eigenvalue weighted by Crippen LogP contribution is 2.38. The Morgan fingerprint density at radius 2 is 1.75 bits per heavy atom. The highest BCUT2D eigenvalue weighted by molar-refractivity contribution is 5.87. The van der Waals surface area contributed by atoms with Crippen molar-refractivity contribution in [3.8, 4) is 11.5 Å². The number of ether oxygens (including phenoxy) is 2. The summed E-state index contributed by atoms with van der Waals surface area (Å²) in [6, 6.07) is 3.55. The van der Waals surface area contributed by atoms with Crippen LogP contribution >= 0.6 is 0 Å². The molecule has 3 nitrogen and oxygen atoms in total. The van der Waals surface area contributed by atoms with E-state index in [1.165, 1.54) is 0 Å². The van der Waals surface area contributed by atoms with Gasteiger partial charge in [-0.15, -0.1) is 13.2 Å². The lowest BCUT2D eigenvalue weighted by molar-refractivity contribution is -0.276. The molecular formula is C22H21F7O3. The maximum absolute atomic E-state index is 14.5. The van der Waals surface area contributed by atoms with Crippen molar-refractivity contribution in [2.75, 3.05) is 0 Å². The van der Waals surface area contributed by atoms with Gasteiger partial charge in [-0.25, -0.2) is 17.6 Å². The van der Waals surface area contributed by atoms with Gasteiger partial charge in [0, 0.05) is 5.39 Å². The summed E-state index contributed by atoms with van der Waals surface area (Å²) in [5.41, 5.74) is 0. The van der Waals surface area contributed by atoms with Crippen LogP contribution in [0, 0.1) is 23.5 Å². The molecule has 1 aliphatic carbocycles. The molecule has 1 saturated carbocycles. The van der Waals surface area contributed by atoms with E-state index < -0.39 is 53.4 Å². The van der Waals surface area contributed by atoms with E-state index >= 15 is 0 Å². The predicted molar refractivity (Wildman–Crippen MR) is 102 cm³/mol. The molecule has 3 rings (SSSR count). The maximum atomic E-state index is 14.5. The predicted octanol–water partition coefficient (Wildman–Crippen LogP) is 6.81. The second kappa shape index (κ2) is 9.54. The van der Waals surface area contributed by atoms with E-state index in [9.17, 15) is 35.5 Å². The molecule has 0 amide bonds. The summed E-state index contributed by atoms with van der Waals surface area (Å²) in [5, 5.41) is -0.648. The third-order valence-electron chi connectivity index (χ3n) is 5.53. The van der Waals surface area contributed by atoms with Gasteiger partial charge in [0.1, 0.15) is 24.0 Å². The first kappa shape index (κ1) is 24.1. The summed E-state index contributed by atoms with van der Waals surface area (Å²) < 4.78 is 103. The van der Waals surface area contributed by atoms with E-state index in [0.29, 0.717) is 12.5 Å². The number of unbranched alkanes of at least 4 members (excludes halogenated alkanes) is 1. The molecule has 10 heteroatoms. The molecule has 0 heterocycles.